The van der Waals surface area contributed by atoms with E-state index < -0.39 is 30.2 Å². The van der Waals surface area contributed by atoms with E-state index in [1.807, 2.05) is 30.3 Å². The van der Waals surface area contributed by atoms with Crippen molar-refractivity contribution in [3.63, 3.8) is 0 Å². The number of methoxy groups -OCH3 is 3. The zero-order valence-corrected chi connectivity index (χ0v) is 30.5. The van der Waals surface area contributed by atoms with Gasteiger partial charge in [-0.2, -0.15) is 0 Å². The first-order valence-corrected chi connectivity index (χ1v) is 17.5. The average Bonchev–Trinajstić information content (AvgIpc) is 3.78. The molecule has 2 atom stereocenters. The molecule has 0 saturated heterocycles. The second-order valence-electron chi connectivity index (χ2n) is 13.2. The summed E-state index contributed by atoms with van der Waals surface area (Å²) >= 11 is 0. The molecule has 4 aromatic rings. The third-order valence-corrected chi connectivity index (χ3v) is 9.89. The van der Waals surface area contributed by atoms with Crippen LogP contribution in [-0.2, 0) is 16.0 Å². The van der Waals surface area contributed by atoms with Crippen molar-refractivity contribution in [2.24, 2.45) is 5.92 Å². The largest absolute Gasteiger partial charge is 0.493 e. The quantitative estimate of drug-likeness (QED) is 0.179. The summed E-state index contributed by atoms with van der Waals surface area (Å²) in [7, 11) is 7.72. The van der Waals surface area contributed by atoms with Gasteiger partial charge < -0.3 is 48.5 Å². The van der Waals surface area contributed by atoms with Crippen molar-refractivity contribution in [2.45, 2.75) is 38.2 Å². The van der Waals surface area contributed by atoms with Crippen molar-refractivity contribution in [3.8, 4) is 23.0 Å². The van der Waals surface area contributed by atoms with E-state index in [4.69, 9.17) is 23.7 Å². The lowest BCUT2D eigenvalue weighted by Gasteiger charge is -2.25. The van der Waals surface area contributed by atoms with Crippen molar-refractivity contribution < 1.29 is 48.0 Å². The van der Waals surface area contributed by atoms with Crippen LogP contribution >= 0.6 is 0 Å². The number of rotatable bonds is 10. The van der Waals surface area contributed by atoms with Crippen molar-refractivity contribution >= 4 is 51.4 Å². The molecule has 2 aliphatic rings. The number of benzene rings is 3. The predicted molar refractivity (Wildman–Crippen MR) is 198 cm³/mol. The van der Waals surface area contributed by atoms with Crippen molar-refractivity contribution in [3.05, 3.63) is 65.9 Å². The van der Waals surface area contributed by atoms with E-state index in [9.17, 15) is 24.3 Å². The van der Waals surface area contributed by atoms with Crippen LogP contribution in [0, 0.1) is 5.92 Å². The number of hydrogen-bond acceptors (Lipinski definition) is 9. The molecule has 0 saturated carbocycles. The van der Waals surface area contributed by atoms with Crippen molar-refractivity contribution in [1.82, 2.24) is 14.8 Å². The van der Waals surface area contributed by atoms with Crippen LogP contribution in [0.2, 0.25) is 0 Å². The lowest BCUT2D eigenvalue weighted by atomic mass is 9.93. The molecule has 3 amide bonds. The highest BCUT2D eigenvalue weighted by Gasteiger charge is 2.31. The first-order chi connectivity index (χ1) is 25.5. The number of aromatic amines is 1. The number of carbonyl (C=O) groups is 4. The Hall–Kier alpha value is -5.92. The summed E-state index contributed by atoms with van der Waals surface area (Å²) in [4.78, 5) is 59.4. The van der Waals surface area contributed by atoms with E-state index in [0.717, 1.165) is 16.3 Å². The Morgan fingerprint density at radius 1 is 0.868 bits per heavy atom. The fourth-order valence-electron chi connectivity index (χ4n) is 6.91. The fourth-order valence-corrected chi connectivity index (χ4v) is 6.91. The molecule has 1 aliphatic carbocycles. The maximum atomic E-state index is 14.1. The Labute approximate surface area is 306 Å². The van der Waals surface area contributed by atoms with E-state index in [-0.39, 0.29) is 19.0 Å². The molecule has 2 heterocycles. The number of aliphatic carboxylic acids is 1. The Morgan fingerprint density at radius 2 is 1.58 bits per heavy atom. The number of aromatic nitrogens is 1. The van der Waals surface area contributed by atoms with Crippen LogP contribution in [0.4, 0.5) is 15.3 Å². The maximum absolute atomic E-state index is 14.1. The summed E-state index contributed by atoms with van der Waals surface area (Å²) < 4.78 is 28.2. The third-order valence-electron chi connectivity index (χ3n) is 9.89. The van der Waals surface area contributed by atoms with Gasteiger partial charge in [0.15, 0.2) is 11.5 Å². The summed E-state index contributed by atoms with van der Waals surface area (Å²) in [5.41, 5.74) is 2.54. The highest BCUT2D eigenvalue weighted by atomic mass is 16.6. The zero-order valence-electron chi connectivity index (χ0n) is 30.5. The first kappa shape index (κ1) is 36.9. The average molecular weight is 729 g/mol. The van der Waals surface area contributed by atoms with E-state index in [0.29, 0.717) is 83.9 Å². The van der Waals surface area contributed by atoms with Gasteiger partial charge in [0.25, 0.3) is 5.91 Å². The number of amides is 3. The number of H-pyrrole nitrogens is 1. The summed E-state index contributed by atoms with van der Waals surface area (Å²) in [6, 6.07) is 12.8. The minimum absolute atomic E-state index is 0.152. The van der Waals surface area contributed by atoms with Gasteiger partial charge in [0, 0.05) is 50.6 Å². The number of hydrogen-bond donors (Lipinski definition) is 2. The number of carbonyl (C=O) groups excluding carboxylic acids is 3. The van der Waals surface area contributed by atoms with E-state index in [1.165, 1.54) is 31.1 Å². The van der Waals surface area contributed by atoms with Gasteiger partial charge in [-0.05, 0) is 61.3 Å². The van der Waals surface area contributed by atoms with Gasteiger partial charge in [-0.25, -0.2) is 9.59 Å². The number of allylic oxidation sites excluding steroid dienone is 1. The van der Waals surface area contributed by atoms with Crippen LogP contribution < -0.4 is 23.8 Å². The van der Waals surface area contributed by atoms with E-state index in [2.05, 4.69) is 4.98 Å². The Kier molecular flexibility index (Phi) is 11.0. The zero-order chi connectivity index (χ0) is 37.8. The molecule has 0 spiro atoms. The predicted octanol–water partition coefficient (Wildman–Crippen LogP) is 6.25. The highest BCUT2D eigenvalue weighted by molar-refractivity contribution is 6.11. The number of ether oxygens (including phenoxy) is 5. The summed E-state index contributed by atoms with van der Waals surface area (Å²) in [5.74, 6) is 0.0107. The molecule has 14 heteroatoms. The second kappa shape index (κ2) is 15.8. The maximum Gasteiger partial charge on any atom is 0.415 e. The number of carboxylic acids is 1. The molecule has 0 fully saturated rings. The number of carboxylic acid groups (broad SMARTS) is 1. The molecule has 1 unspecified atom stereocenters. The van der Waals surface area contributed by atoms with Gasteiger partial charge in [0.05, 0.1) is 38.5 Å². The normalized spacial score (nSPS) is 17.3. The van der Waals surface area contributed by atoms with E-state index in [1.54, 1.807) is 43.3 Å². The molecule has 2 N–H and O–H groups in total. The van der Waals surface area contributed by atoms with Gasteiger partial charge in [-0.1, -0.05) is 30.3 Å². The minimum atomic E-state index is -0.841. The van der Waals surface area contributed by atoms with Gasteiger partial charge >= 0.3 is 18.2 Å². The molecule has 1 aliphatic heterocycles. The molecule has 0 radical (unpaired) electrons. The van der Waals surface area contributed by atoms with Crippen molar-refractivity contribution in [1.29, 1.82) is 0 Å². The summed E-state index contributed by atoms with van der Waals surface area (Å²) in [6.07, 6.45) is 4.52. The number of anilines is 1. The molecule has 1 aromatic heterocycles. The van der Waals surface area contributed by atoms with Gasteiger partial charge in [0.1, 0.15) is 17.5 Å². The van der Waals surface area contributed by atoms with Gasteiger partial charge in [-0.15, -0.1) is 0 Å². The van der Waals surface area contributed by atoms with Crippen molar-refractivity contribution in [2.75, 3.05) is 60.0 Å². The number of nitrogens with one attached hydrogen (secondary N) is 1. The van der Waals surface area contributed by atoms with E-state index >= 15 is 0 Å². The third kappa shape index (κ3) is 7.52. The molecular formula is C39H44N4O10. The fraction of sp³-hybridized carbons (Fsp3) is 0.385. The number of likely N-dealkylation sites (N-methyl/N-ethyl adjacent to an activating group) is 2. The molecule has 14 nitrogen and oxygen atoms in total. The van der Waals surface area contributed by atoms with Crippen LogP contribution in [0.1, 0.15) is 41.7 Å². The molecule has 280 valence electrons. The van der Waals surface area contributed by atoms with Gasteiger partial charge in [-0.3, -0.25) is 9.59 Å². The van der Waals surface area contributed by atoms with Crippen LogP contribution in [0.5, 0.6) is 23.0 Å². The second-order valence-corrected chi connectivity index (χ2v) is 13.2. The Balaban J connectivity index is 1.16. The minimum Gasteiger partial charge on any atom is -0.493 e. The van der Waals surface area contributed by atoms with Gasteiger partial charge in [0.2, 0.25) is 5.75 Å². The summed E-state index contributed by atoms with van der Waals surface area (Å²) in [5, 5.41) is 11.7. The lowest BCUT2D eigenvalue weighted by molar-refractivity contribution is -0.142. The Morgan fingerprint density at radius 3 is 2.28 bits per heavy atom. The standard InChI is InChI=1S/C39H44N4O10/c1-41(38(47)52-25-11-7-6-10-23(14-15-25)37(45)46)18-19-42(2)39(48)53-31-22-30-27(26-12-8-9-13-28(26)31)16-17-43(30)36(44)29-20-24-21-32(49-3)34(50-4)35(51-5)33(24)40-29/h7-9,11-13,20-23,25,40H,6,10,14-19H2,1-5H3,(H,45,46)/b11-7+/t23-,25?/m0/s1. The molecular weight excluding hydrogens is 684 g/mol. The highest BCUT2D eigenvalue weighted by Crippen LogP contribution is 2.44. The number of nitrogens with zero attached hydrogens (tertiary/aromatic N) is 3. The molecule has 0 bridgehead atoms. The smallest absolute Gasteiger partial charge is 0.415 e. The monoisotopic (exact) mass is 728 g/mol. The summed E-state index contributed by atoms with van der Waals surface area (Å²) in [6.45, 7) is 0.742. The topological polar surface area (TPSA) is 160 Å². The first-order valence-electron chi connectivity index (χ1n) is 17.5. The molecule has 3 aromatic carbocycles. The SMILES string of the molecule is COc1cc2cc(C(=O)N3CCc4c3cc(OC(=O)N(C)CCN(C)C(=O)OC3/C=C/CC[C@H](C(=O)O)CC3)c3ccccc43)[nH]c2c(OC)c1OC. The molecule has 53 heavy (non-hydrogen) atoms. The van der Waals surface area contributed by atoms with Crippen LogP contribution in [0.15, 0.2) is 54.6 Å². The Bertz CT molecular complexity index is 2070. The lowest BCUT2D eigenvalue weighted by Crippen LogP contribution is -2.39. The number of fused-ring (bicyclic) bond motifs is 4. The molecule has 6 rings (SSSR count). The van der Waals surface area contributed by atoms with Crippen LogP contribution in [0.25, 0.3) is 21.7 Å². The van der Waals surface area contributed by atoms with Crippen LogP contribution in [0.3, 0.4) is 0 Å². The van der Waals surface area contributed by atoms with Crippen LogP contribution in [-0.4, -0.2) is 105 Å².